The number of nitrogens with two attached hydrogens (primary N) is 1. The zero-order chi connectivity index (χ0) is 14.5. The molecule has 1 fully saturated rings. The number of amides is 1. The molecule has 1 aromatic rings. The molecular weight excluding hydrogens is 262 g/mol. The number of benzene rings is 1. The predicted molar refractivity (Wildman–Crippen MR) is 73.0 cm³/mol. The quantitative estimate of drug-likeness (QED) is 0.869. The van der Waals surface area contributed by atoms with Crippen LogP contribution >= 0.6 is 0 Å². The largest absolute Gasteiger partial charge is 0.352 e. The highest BCUT2D eigenvalue weighted by Gasteiger charge is 2.25. The summed E-state index contributed by atoms with van der Waals surface area (Å²) in [6.45, 7) is 0.411. The number of carbonyl (C=O) groups is 1. The molecule has 20 heavy (non-hydrogen) atoms. The van der Waals surface area contributed by atoms with E-state index in [2.05, 4.69) is 5.32 Å². The van der Waals surface area contributed by atoms with Crippen molar-refractivity contribution in [2.24, 2.45) is 11.7 Å². The van der Waals surface area contributed by atoms with Crippen molar-refractivity contribution in [3.63, 3.8) is 0 Å². The Kier molecular flexibility index (Phi) is 5.06. The molecule has 1 unspecified atom stereocenters. The van der Waals surface area contributed by atoms with E-state index in [0.29, 0.717) is 18.0 Å². The minimum absolute atomic E-state index is 0.0182. The highest BCUT2D eigenvalue weighted by Crippen LogP contribution is 2.27. The lowest BCUT2D eigenvalue weighted by Gasteiger charge is -2.23. The van der Waals surface area contributed by atoms with E-state index in [0.717, 1.165) is 25.0 Å². The van der Waals surface area contributed by atoms with Gasteiger partial charge in [0.15, 0.2) is 11.6 Å². The first-order valence-electron chi connectivity index (χ1n) is 7.03. The van der Waals surface area contributed by atoms with Crippen LogP contribution in [0.1, 0.15) is 31.2 Å². The number of halogens is 2. The lowest BCUT2D eigenvalue weighted by Crippen LogP contribution is -2.45. The summed E-state index contributed by atoms with van der Waals surface area (Å²) in [5, 5.41) is 2.91. The molecule has 5 heteroatoms. The van der Waals surface area contributed by atoms with E-state index < -0.39 is 11.6 Å². The number of hydrogen-bond acceptors (Lipinski definition) is 2. The minimum atomic E-state index is -0.929. The summed E-state index contributed by atoms with van der Waals surface area (Å²) >= 11 is 0. The van der Waals surface area contributed by atoms with Crippen LogP contribution in [-0.2, 0) is 11.2 Å². The average Bonchev–Trinajstić information content (AvgIpc) is 2.94. The fourth-order valence-electron chi connectivity index (χ4n) is 2.82. The van der Waals surface area contributed by atoms with Gasteiger partial charge in [-0.15, -0.1) is 0 Å². The molecule has 1 aliphatic rings. The minimum Gasteiger partial charge on any atom is -0.352 e. The topological polar surface area (TPSA) is 55.1 Å². The van der Waals surface area contributed by atoms with Crippen molar-refractivity contribution in [2.45, 2.75) is 38.1 Å². The Labute approximate surface area is 117 Å². The van der Waals surface area contributed by atoms with Gasteiger partial charge in [0.25, 0.3) is 0 Å². The van der Waals surface area contributed by atoms with E-state index in [-0.39, 0.29) is 18.4 Å². The van der Waals surface area contributed by atoms with E-state index in [1.54, 1.807) is 0 Å². The predicted octanol–water partition coefficient (Wildman–Crippen LogP) is 2.14. The molecule has 1 saturated carbocycles. The van der Waals surface area contributed by atoms with Gasteiger partial charge in [-0.3, -0.25) is 4.79 Å². The third-order valence-corrected chi connectivity index (χ3v) is 3.92. The second-order valence-electron chi connectivity index (χ2n) is 5.38. The summed E-state index contributed by atoms with van der Waals surface area (Å²) < 4.78 is 25.9. The van der Waals surface area contributed by atoms with Crippen LogP contribution in [0.4, 0.5) is 8.78 Å². The van der Waals surface area contributed by atoms with Gasteiger partial charge in [0.2, 0.25) is 5.91 Å². The van der Waals surface area contributed by atoms with Crippen LogP contribution in [0, 0.1) is 17.6 Å². The molecule has 0 bridgehead atoms. The molecule has 0 saturated heterocycles. The molecule has 2 rings (SSSR count). The number of hydrogen-bond donors (Lipinski definition) is 2. The zero-order valence-electron chi connectivity index (χ0n) is 11.4. The molecular formula is C15H20F2N2O. The Balaban J connectivity index is 1.91. The third kappa shape index (κ3) is 3.76. The first-order valence-corrected chi connectivity index (χ1v) is 7.03. The van der Waals surface area contributed by atoms with Gasteiger partial charge in [-0.1, -0.05) is 18.9 Å². The zero-order valence-corrected chi connectivity index (χ0v) is 11.4. The summed E-state index contributed by atoms with van der Waals surface area (Å²) in [7, 11) is 0. The van der Waals surface area contributed by atoms with Gasteiger partial charge < -0.3 is 11.1 Å². The molecule has 0 radical (unpaired) electrons. The molecule has 1 aromatic carbocycles. The van der Waals surface area contributed by atoms with Gasteiger partial charge in [-0.05, 0) is 36.5 Å². The van der Waals surface area contributed by atoms with Crippen molar-refractivity contribution in [1.29, 1.82) is 0 Å². The molecule has 1 atom stereocenters. The smallest absolute Gasteiger partial charge is 0.224 e. The second kappa shape index (κ2) is 6.79. The van der Waals surface area contributed by atoms with E-state index in [9.17, 15) is 13.6 Å². The van der Waals surface area contributed by atoms with Crippen LogP contribution in [0.2, 0.25) is 0 Å². The van der Waals surface area contributed by atoms with Crippen molar-refractivity contribution in [3.05, 3.63) is 35.4 Å². The van der Waals surface area contributed by atoms with Crippen LogP contribution < -0.4 is 11.1 Å². The molecule has 0 aromatic heterocycles. The maximum absolute atomic E-state index is 13.1. The Bertz CT molecular complexity index is 473. The lowest BCUT2D eigenvalue weighted by atomic mass is 9.98. The van der Waals surface area contributed by atoms with Crippen LogP contribution in [0.5, 0.6) is 0 Å². The van der Waals surface area contributed by atoms with Gasteiger partial charge in [0.05, 0.1) is 6.42 Å². The van der Waals surface area contributed by atoms with Crippen molar-refractivity contribution in [2.75, 3.05) is 6.54 Å². The van der Waals surface area contributed by atoms with Gasteiger partial charge in [-0.25, -0.2) is 8.78 Å². The highest BCUT2D eigenvalue weighted by molar-refractivity contribution is 5.78. The van der Waals surface area contributed by atoms with E-state index in [1.165, 1.54) is 18.9 Å². The van der Waals surface area contributed by atoms with Crippen LogP contribution in [-0.4, -0.2) is 18.5 Å². The fourth-order valence-corrected chi connectivity index (χ4v) is 2.82. The van der Waals surface area contributed by atoms with Crippen molar-refractivity contribution in [3.8, 4) is 0 Å². The normalized spacial score (nSPS) is 17.1. The highest BCUT2D eigenvalue weighted by atomic mass is 19.2. The monoisotopic (exact) mass is 282 g/mol. The molecule has 0 spiro atoms. The van der Waals surface area contributed by atoms with Gasteiger partial charge in [0, 0.05) is 12.6 Å². The molecule has 3 N–H and O–H groups in total. The first-order chi connectivity index (χ1) is 9.60. The number of rotatable bonds is 5. The standard InChI is InChI=1S/C15H20F2N2O/c16-12-6-5-10(7-13(12)17)8-15(20)19-14(9-18)11-3-1-2-4-11/h5-7,11,14H,1-4,8-9,18H2,(H,19,20). The van der Waals surface area contributed by atoms with E-state index in [4.69, 9.17) is 5.73 Å². The summed E-state index contributed by atoms with van der Waals surface area (Å²) in [6, 6.07) is 3.50. The van der Waals surface area contributed by atoms with Gasteiger partial charge in [0.1, 0.15) is 0 Å². The first kappa shape index (κ1) is 14.9. The summed E-state index contributed by atoms with van der Waals surface area (Å²) in [4.78, 5) is 12.0. The molecule has 1 amide bonds. The summed E-state index contributed by atoms with van der Waals surface area (Å²) in [5.41, 5.74) is 6.18. The lowest BCUT2D eigenvalue weighted by molar-refractivity contribution is -0.121. The average molecular weight is 282 g/mol. The molecule has 1 aliphatic carbocycles. The SMILES string of the molecule is NCC(NC(=O)Cc1ccc(F)c(F)c1)C1CCCC1. The summed E-state index contributed by atoms with van der Waals surface area (Å²) in [6.07, 6.45) is 4.58. The van der Waals surface area contributed by atoms with Gasteiger partial charge in [-0.2, -0.15) is 0 Å². The van der Waals surface area contributed by atoms with Crippen LogP contribution in [0.3, 0.4) is 0 Å². The Hall–Kier alpha value is -1.49. The maximum Gasteiger partial charge on any atom is 0.224 e. The Morgan fingerprint density at radius 3 is 2.60 bits per heavy atom. The summed E-state index contributed by atoms with van der Waals surface area (Å²) in [5.74, 6) is -1.59. The Morgan fingerprint density at radius 2 is 2.00 bits per heavy atom. The third-order valence-electron chi connectivity index (χ3n) is 3.92. The molecule has 3 nitrogen and oxygen atoms in total. The van der Waals surface area contributed by atoms with Crippen LogP contribution in [0.25, 0.3) is 0 Å². The molecule has 0 aliphatic heterocycles. The number of nitrogens with one attached hydrogen (secondary N) is 1. The molecule has 110 valence electrons. The molecule has 0 heterocycles. The second-order valence-corrected chi connectivity index (χ2v) is 5.38. The Morgan fingerprint density at radius 1 is 1.30 bits per heavy atom. The van der Waals surface area contributed by atoms with Crippen molar-refractivity contribution < 1.29 is 13.6 Å². The van der Waals surface area contributed by atoms with Crippen LogP contribution in [0.15, 0.2) is 18.2 Å². The number of carbonyl (C=O) groups excluding carboxylic acids is 1. The van der Waals surface area contributed by atoms with E-state index >= 15 is 0 Å². The van der Waals surface area contributed by atoms with Crippen molar-refractivity contribution >= 4 is 5.91 Å². The van der Waals surface area contributed by atoms with E-state index in [1.807, 2.05) is 0 Å². The fraction of sp³-hybridized carbons (Fsp3) is 0.533. The maximum atomic E-state index is 13.1. The van der Waals surface area contributed by atoms with Gasteiger partial charge >= 0.3 is 0 Å². The van der Waals surface area contributed by atoms with Crippen molar-refractivity contribution in [1.82, 2.24) is 5.32 Å².